The Kier molecular flexibility index (Phi) is 7.51. The van der Waals surface area contributed by atoms with E-state index in [-0.39, 0.29) is 46.5 Å². The molecule has 1 aromatic rings. The van der Waals surface area contributed by atoms with Gasteiger partial charge < -0.3 is 24.4 Å². The first-order chi connectivity index (χ1) is 21.5. The van der Waals surface area contributed by atoms with Crippen LogP contribution in [-0.2, 0) is 20.7 Å². The molecule has 6 atom stereocenters. The predicted octanol–water partition coefficient (Wildman–Crippen LogP) is 7.32. The van der Waals surface area contributed by atoms with Crippen molar-refractivity contribution >= 4 is 23.6 Å². The Hall–Kier alpha value is -3.65. The Morgan fingerprint density at radius 3 is 2.33 bits per heavy atom. The number of aliphatic carboxylic acids is 1. The molecule has 6 unspecified atom stereocenters. The first-order valence-electron chi connectivity index (χ1n) is 16.4. The molecule has 6 aliphatic rings. The monoisotopic (exact) mass is 630 g/mol. The van der Waals surface area contributed by atoms with Crippen LogP contribution in [0.3, 0.4) is 0 Å². The number of benzene rings is 1. The zero-order valence-electron chi connectivity index (χ0n) is 28.2. The fraction of sp³-hybridized carbons (Fsp3) is 0.553. The zero-order chi connectivity index (χ0) is 33.6. The average Bonchev–Trinajstić information content (AvgIpc) is 3.12. The molecule has 246 valence electrons. The SMILES string of the molecule is CC(C)=CCCC1(C)C=Cc2c(O)c3c(c(CC=C(C)C)c2O1)OC12C(CC4CC1C(C)(C)OC2(C/C=C(\C)C(=O)O)C4=O)C3=O. The summed E-state index contributed by atoms with van der Waals surface area (Å²) >= 11 is 0. The molecule has 4 fully saturated rings. The number of ketones is 2. The minimum Gasteiger partial charge on any atom is -0.506 e. The van der Waals surface area contributed by atoms with Gasteiger partial charge in [-0.1, -0.05) is 29.4 Å². The van der Waals surface area contributed by atoms with Crippen molar-refractivity contribution in [2.24, 2.45) is 17.8 Å². The molecule has 0 amide bonds. The Bertz CT molecular complexity index is 1670. The highest BCUT2D eigenvalue weighted by Crippen LogP contribution is 2.70. The standard InChI is InChI=1S/C38H46O8/c1-20(2)10-9-15-36(8)16-14-24-29(39)28-30(40)26-18-23-19-27-35(6,7)46-37(33(23)41,17-13-22(5)34(42)43)38(26,27)45-32(28)25(31(24)44-36)12-11-21(3)4/h10-11,13-14,16,23,26-27,39H,9,12,15,17-19H2,1-8H3,(H,42,43)/b22-13+. The topological polar surface area (TPSA) is 119 Å². The van der Waals surface area contributed by atoms with E-state index in [1.807, 2.05) is 52.8 Å². The van der Waals surface area contributed by atoms with E-state index < -0.39 is 40.2 Å². The molecule has 3 saturated carbocycles. The summed E-state index contributed by atoms with van der Waals surface area (Å²) < 4.78 is 20.7. The first-order valence-corrected chi connectivity index (χ1v) is 16.4. The van der Waals surface area contributed by atoms with Crippen molar-refractivity contribution in [1.29, 1.82) is 0 Å². The lowest BCUT2D eigenvalue weighted by molar-refractivity contribution is -0.199. The average molecular weight is 631 g/mol. The van der Waals surface area contributed by atoms with Crippen molar-refractivity contribution in [3.63, 3.8) is 0 Å². The van der Waals surface area contributed by atoms with Gasteiger partial charge in [0.15, 0.2) is 22.8 Å². The molecule has 1 spiro atoms. The van der Waals surface area contributed by atoms with Crippen molar-refractivity contribution in [2.45, 2.75) is 116 Å². The van der Waals surface area contributed by atoms with Gasteiger partial charge in [0.2, 0.25) is 0 Å². The van der Waals surface area contributed by atoms with E-state index >= 15 is 0 Å². The predicted molar refractivity (Wildman–Crippen MR) is 174 cm³/mol. The van der Waals surface area contributed by atoms with E-state index in [4.69, 9.17) is 14.2 Å². The molecular weight excluding hydrogens is 584 g/mol. The van der Waals surface area contributed by atoms with Crippen LogP contribution >= 0.6 is 0 Å². The van der Waals surface area contributed by atoms with E-state index in [1.165, 1.54) is 18.6 Å². The fourth-order valence-electron chi connectivity index (χ4n) is 8.74. The number of carbonyl (C=O) groups is 3. The molecular formula is C38H46O8. The van der Waals surface area contributed by atoms with Gasteiger partial charge in [-0.25, -0.2) is 4.79 Å². The number of allylic oxidation sites excluding steroid dienone is 4. The lowest BCUT2D eigenvalue weighted by Gasteiger charge is -2.60. The van der Waals surface area contributed by atoms with Gasteiger partial charge in [0, 0.05) is 29.4 Å². The number of carboxylic acids is 1. The lowest BCUT2D eigenvalue weighted by atomic mass is 9.46. The second-order valence-electron chi connectivity index (χ2n) is 15.2. The minimum atomic E-state index is -1.56. The molecule has 4 bridgehead atoms. The Labute approximate surface area is 271 Å². The summed E-state index contributed by atoms with van der Waals surface area (Å²) in [6.07, 6.45) is 12.2. The van der Waals surface area contributed by atoms with Crippen LogP contribution in [0.4, 0.5) is 0 Å². The highest BCUT2D eigenvalue weighted by atomic mass is 16.6. The number of Topliss-reactive ketones (excluding diaryl/α,β-unsaturated/α-hetero) is 2. The number of phenols is 1. The highest BCUT2D eigenvalue weighted by Gasteiger charge is 2.83. The number of aromatic hydroxyl groups is 1. The van der Waals surface area contributed by atoms with Crippen LogP contribution in [0.5, 0.6) is 17.2 Å². The van der Waals surface area contributed by atoms with Crippen molar-refractivity contribution in [3.05, 3.63) is 57.7 Å². The molecule has 0 aromatic heterocycles. The summed E-state index contributed by atoms with van der Waals surface area (Å²) in [4.78, 5) is 40.9. The zero-order valence-corrected chi connectivity index (χ0v) is 28.2. The molecule has 2 N–H and O–H groups in total. The second-order valence-corrected chi connectivity index (χ2v) is 15.2. The highest BCUT2D eigenvalue weighted by molar-refractivity contribution is 6.09. The fourth-order valence-corrected chi connectivity index (χ4v) is 8.74. The van der Waals surface area contributed by atoms with Gasteiger partial charge in [-0.15, -0.1) is 0 Å². The van der Waals surface area contributed by atoms with Gasteiger partial charge in [-0.3, -0.25) is 9.59 Å². The van der Waals surface area contributed by atoms with Crippen molar-refractivity contribution < 1.29 is 38.8 Å². The number of carboxylic acid groups (broad SMARTS) is 1. The third-order valence-corrected chi connectivity index (χ3v) is 11.0. The van der Waals surface area contributed by atoms with E-state index in [0.29, 0.717) is 42.6 Å². The molecule has 0 radical (unpaired) electrons. The van der Waals surface area contributed by atoms with Gasteiger partial charge in [0.1, 0.15) is 28.4 Å². The summed E-state index contributed by atoms with van der Waals surface area (Å²) in [7, 11) is 0. The molecule has 3 aliphatic carbocycles. The number of ether oxygens (including phenoxy) is 3. The first kappa shape index (κ1) is 32.3. The van der Waals surface area contributed by atoms with E-state index in [2.05, 4.69) is 19.9 Å². The van der Waals surface area contributed by atoms with Gasteiger partial charge in [0.25, 0.3) is 0 Å². The molecule has 8 nitrogen and oxygen atoms in total. The van der Waals surface area contributed by atoms with Crippen LogP contribution in [0.1, 0.15) is 109 Å². The van der Waals surface area contributed by atoms with Gasteiger partial charge in [-0.2, -0.15) is 0 Å². The Balaban J connectivity index is 1.57. The molecule has 1 aromatic carbocycles. The summed E-state index contributed by atoms with van der Waals surface area (Å²) in [5.41, 5.74) is -0.829. The lowest BCUT2D eigenvalue weighted by Crippen LogP contribution is -2.76. The summed E-state index contributed by atoms with van der Waals surface area (Å²) in [5.74, 6) is -2.46. The number of hydrogen-bond donors (Lipinski definition) is 2. The largest absolute Gasteiger partial charge is 0.506 e. The minimum absolute atomic E-state index is 0.0264. The van der Waals surface area contributed by atoms with Crippen LogP contribution in [0.2, 0.25) is 0 Å². The number of carbonyl (C=O) groups excluding carboxylic acids is 2. The van der Waals surface area contributed by atoms with Gasteiger partial charge >= 0.3 is 5.97 Å². The Morgan fingerprint density at radius 2 is 1.67 bits per heavy atom. The summed E-state index contributed by atoms with van der Waals surface area (Å²) in [6, 6.07) is 0. The molecule has 3 heterocycles. The number of hydrogen-bond acceptors (Lipinski definition) is 7. The number of fused-ring (bicyclic) bond motifs is 2. The Morgan fingerprint density at radius 1 is 0.978 bits per heavy atom. The van der Waals surface area contributed by atoms with Gasteiger partial charge in [0.05, 0.1) is 17.1 Å². The van der Waals surface area contributed by atoms with E-state index in [1.54, 1.807) is 0 Å². The smallest absolute Gasteiger partial charge is 0.330 e. The molecule has 1 saturated heterocycles. The molecule has 3 aliphatic heterocycles. The van der Waals surface area contributed by atoms with E-state index in [0.717, 1.165) is 12.0 Å². The summed E-state index contributed by atoms with van der Waals surface area (Å²) in [6.45, 7) is 15.5. The number of rotatable bonds is 8. The maximum absolute atomic E-state index is 14.8. The molecule has 46 heavy (non-hydrogen) atoms. The van der Waals surface area contributed by atoms with Gasteiger partial charge in [-0.05, 0) is 99.6 Å². The molecule has 7 rings (SSSR count). The second kappa shape index (κ2) is 10.7. The van der Waals surface area contributed by atoms with Crippen molar-refractivity contribution in [3.8, 4) is 17.2 Å². The van der Waals surface area contributed by atoms with Crippen molar-refractivity contribution in [1.82, 2.24) is 0 Å². The quantitative estimate of drug-likeness (QED) is 0.227. The molecule has 8 heteroatoms. The van der Waals surface area contributed by atoms with Crippen LogP contribution in [0, 0.1) is 17.8 Å². The summed E-state index contributed by atoms with van der Waals surface area (Å²) in [5, 5.41) is 21.5. The van der Waals surface area contributed by atoms with Crippen LogP contribution in [-0.4, -0.2) is 50.2 Å². The third kappa shape index (κ3) is 4.54. The van der Waals surface area contributed by atoms with Crippen molar-refractivity contribution in [2.75, 3.05) is 0 Å². The normalized spacial score (nSPS) is 33.0. The van der Waals surface area contributed by atoms with Crippen LogP contribution in [0.25, 0.3) is 6.08 Å². The number of phenolic OH excluding ortho intramolecular Hbond substituents is 1. The van der Waals surface area contributed by atoms with E-state index in [9.17, 15) is 24.6 Å². The van der Waals surface area contributed by atoms with Crippen LogP contribution in [0.15, 0.2) is 41.0 Å². The maximum Gasteiger partial charge on any atom is 0.330 e. The van der Waals surface area contributed by atoms with Crippen LogP contribution < -0.4 is 9.47 Å². The maximum atomic E-state index is 14.8. The third-order valence-electron chi connectivity index (χ3n) is 11.0.